The summed E-state index contributed by atoms with van der Waals surface area (Å²) in [6, 6.07) is 8.38. The number of ketones is 1. The van der Waals surface area contributed by atoms with Crippen molar-refractivity contribution in [2.45, 2.75) is 20.8 Å². The van der Waals surface area contributed by atoms with Crippen molar-refractivity contribution < 1.29 is 14.4 Å². The molecule has 8 nitrogen and oxygen atoms in total. The molecule has 1 aromatic carbocycles. The number of nitrogens with one attached hydrogen (secondary N) is 1. The number of hydrogen-bond acceptors (Lipinski definition) is 6. The van der Waals surface area contributed by atoms with Gasteiger partial charge in [-0.25, -0.2) is 9.97 Å². The average molecular weight is 395 g/mol. The summed E-state index contributed by atoms with van der Waals surface area (Å²) in [5.74, 6) is -0.0000716. The Bertz CT molecular complexity index is 888. The van der Waals surface area contributed by atoms with Crippen LogP contribution in [0.15, 0.2) is 42.7 Å². The third kappa shape index (κ3) is 4.59. The van der Waals surface area contributed by atoms with Crippen LogP contribution in [-0.4, -0.2) is 58.6 Å². The molecule has 0 saturated carbocycles. The molecule has 0 unspecified atom stereocenters. The Morgan fingerprint density at radius 1 is 0.966 bits per heavy atom. The van der Waals surface area contributed by atoms with E-state index in [1.165, 1.54) is 6.92 Å². The molecule has 1 aromatic heterocycles. The van der Waals surface area contributed by atoms with E-state index in [2.05, 4.69) is 15.3 Å². The first kappa shape index (κ1) is 20.4. The van der Waals surface area contributed by atoms with Crippen molar-refractivity contribution in [1.29, 1.82) is 0 Å². The number of hydrogen-bond donors (Lipinski definition) is 1. The number of nitrogens with zero attached hydrogens (tertiary/aromatic N) is 4. The van der Waals surface area contributed by atoms with Crippen molar-refractivity contribution in [2.75, 3.05) is 36.4 Å². The number of piperazine rings is 1. The van der Waals surface area contributed by atoms with Crippen LogP contribution in [-0.2, 0) is 9.59 Å². The molecule has 0 bridgehead atoms. The molecule has 2 heterocycles. The maximum atomic E-state index is 13.0. The van der Waals surface area contributed by atoms with Gasteiger partial charge in [0.05, 0.1) is 0 Å². The molecule has 1 aliphatic rings. The van der Waals surface area contributed by atoms with E-state index in [1.807, 2.05) is 4.90 Å². The molecule has 1 aliphatic heterocycles. The van der Waals surface area contributed by atoms with E-state index in [0.29, 0.717) is 43.4 Å². The fourth-order valence-corrected chi connectivity index (χ4v) is 3.13. The molecule has 29 heavy (non-hydrogen) atoms. The summed E-state index contributed by atoms with van der Waals surface area (Å²) < 4.78 is 0. The highest BCUT2D eigenvalue weighted by atomic mass is 16.2. The predicted octanol–water partition coefficient (Wildman–Crippen LogP) is 1.99. The normalized spacial score (nSPS) is 14.4. The largest absolute Gasteiger partial charge is 0.338 e. The van der Waals surface area contributed by atoms with Crippen LogP contribution in [0.1, 0.15) is 31.1 Å². The molecule has 152 valence electrons. The lowest BCUT2D eigenvalue weighted by molar-refractivity contribution is -0.146. The lowest BCUT2D eigenvalue weighted by Gasteiger charge is -2.38. The van der Waals surface area contributed by atoms with E-state index in [0.717, 1.165) is 0 Å². The lowest BCUT2D eigenvalue weighted by atomic mass is 9.89. The van der Waals surface area contributed by atoms with Crippen LogP contribution in [0.25, 0.3) is 0 Å². The third-order valence-corrected chi connectivity index (χ3v) is 5.05. The number of benzene rings is 1. The smallest absolute Gasteiger partial charge is 0.239 e. The van der Waals surface area contributed by atoms with Gasteiger partial charge in [-0.1, -0.05) is 0 Å². The molecule has 1 N–H and O–H groups in total. The SMILES string of the molecule is CC(=O)c1ccc(NC(=O)C(C)(C)C(=O)N2CCN(c3ncccn3)CC2)cc1. The maximum Gasteiger partial charge on any atom is 0.239 e. The summed E-state index contributed by atoms with van der Waals surface area (Å²) >= 11 is 0. The molecule has 3 rings (SSSR count). The van der Waals surface area contributed by atoms with Crippen molar-refractivity contribution >= 4 is 29.2 Å². The highest BCUT2D eigenvalue weighted by Gasteiger charge is 2.40. The second kappa shape index (κ2) is 8.38. The van der Waals surface area contributed by atoms with Gasteiger partial charge in [-0.15, -0.1) is 0 Å². The average Bonchev–Trinajstić information content (AvgIpc) is 2.74. The Morgan fingerprint density at radius 2 is 1.55 bits per heavy atom. The molecule has 0 atom stereocenters. The lowest BCUT2D eigenvalue weighted by Crippen LogP contribution is -2.54. The van der Waals surface area contributed by atoms with Gasteiger partial charge in [-0.2, -0.15) is 0 Å². The molecule has 0 radical (unpaired) electrons. The van der Waals surface area contributed by atoms with E-state index in [-0.39, 0.29) is 17.6 Å². The highest BCUT2D eigenvalue weighted by Crippen LogP contribution is 2.23. The standard InChI is InChI=1S/C21H25N5O3/c1-15(27)16-5-7-17(8-6-16)24-18(28)21(2,3)19(29)25-11-13-26(14-12-25)20-22-9-4-10-23-20/h4-10H,11-14H2,1-3H3,(H,24,28). The van der Waals surface area contributed by atoms with Gasteiger partial charge in [-0.3, -0.25) is 14.4 Å². The van der Waals surface area contributed by atoms with Gasteiger partial charge in [0.2, 0.25) is 17.8 Å². The number of anilines is 2. The van der Waals surface area contributed by atoms with Crippen LogP contribution in [0.3, 0.4) is 0 Å². The van der Waals surface area contributed by atoms with Gasteiger partial charge in [0, 0.05) is 49.8 Å². The van der Waals surface area contributed by atoms with Crippen molar-refractivity contribution in [1.82, 2.24) is 14.9 Å². The van der Waals surface area contributed by atoms with Gasteiger partial charge in [0.15, 0.2) is 5.78 Å². The first-order chi connectivity index (χ1) is 13.8. The van der Waals surface area contributed by atoms with Crippen molar-refractivity contribution in [3.05, 3.63) is 48.3 Å². The number of aromatic nitrogens is 2. The first-order valence-corrected chi connectivity index (χ1v) is 9.53. The van der Waals surface area contributed by atoms with Gasteiger partial charge in [-0.05, 0) is 51.1 Å². The quantitative estimate of drug-likeness (QED) is 0.614. The molecule has 2 amide bonds. The van der Waals surface area contributed by atoms with E-state index in [4.69, 9.17) is 0 Å². The molecule has 1 saturated heterocycles. The summed E-state index contributed by atoms with van der Waals surface area (Å²) in [7, 11) is 0. The first-order valence-electron chi connectivity index (χ1n) is 9.53. The Labute approximate surface area is 169 Å². The molecule has 0 aliphatic carbocycles. The zero-order chi connectivity index (χ0) is 21.0. The van der Waals surface area contributed by atoms with Crippen LogP contribution < -0.4 is 10.2 Å². The zero-order valence-corrected chi connectivity index (χ0v) is 16.9. The molecule has 1 fully saturated rings. The van der Waals surface area contributed by atoms with E-state index >= 15 is 0 Å². The van der Waals surface area contributed by atoms with Gasteiger partial charge >= 0.3 is 0 Å². The Kier molecular flexibility index (Phi) is 5.91. The Hall–Kier alpha value is -3.29. The van der Waals surface area contributed by atoms with Gasteiger partial charge in [0.25, 0.3) is 0 Å². The van der Waals surface area contributed by atoms with E-state index in [1.54, 1.807) is 61.5 Å². The van der Waals surface area contributed by atoms with Crippen LogP contribution in [0.5, 0.6) is 0 Å². The molecule has 0 spiro atoms. The predicted molar refractivity (Wildman–Crippen MR) is 110 cm³/mol. The van der Waals surface area contributed by atoms with Crippen LogP contribution in [0.2, 0.25) is 0 Å². The van der Waals surface area contributed by atoms with Crippen LogP contribution >= 0.6 is 0 Å². The van der Waals surface area contributed by atoms with Gasteiger partial charge < -0.3 is 15.1 Å². The Morgan fingerprint density at radius 3 is 2.10 bits per heavy atom. The van der Waals surface area contributed by atoms with Crippen LogP contribution in [0.4, 0.5) is 11.6 Å². The van der Waals surface area contributed by atoms with E-state index < -0.39 is 5.41 Å². The van der Waals surface area contributed by atoms with Gasteiger partial charge in [0.1, 0.15) is 5.41 Å². The fourth-order valence-electron chi connectivity index (χ4n) is 3.13. The Balaban J connectivity index is 1.60. The zero-order valence-electron chi connectivity index (χ0n) is 16.9. The molecule has 8 heteroatoms. The third-order valence-electron chi connectivity index (χ3n) is 5.05. The summed E-state index contributed by atoms with van der Waals surface area (Å²) in [6.07, 6.45) is 3.38. The summed E-state index contributed by atoms with van der Waals surface area (Å²) in [5.41, 5.74) is -0.101. The fraction of sp³-hybridized carbons (Fsp3) is 0.381. The molecular weight excluding hydrogens is 370 g/mol. The summed E-state index contributed by atoms with van der Waals surface area (Å²) in [6.45, 7) is 6.96. The highest BCUT2D eigenvalue weighted by molar-refractivity contribution is 6.10. The summed E-state index contributed by atoms with van der Waals surface area (Å²) in [5, 5.41) is 2.77. The number of rotatable bonds is 5. The van der Waals surface area contributed by atoms with Crippen molar-refractivity contribution in [3.8, 4) is 0 Å². The minimum atomic E-state index is -1.22. The van der Waals surface area contributed by atoms with E-state index in [9.17, 15) is 14.4 Å². The minimum absolute atomic E-state index is 0.0431. The maximum absolute atomic E-state index is 13.0. The minimum Gasteiger partial charge on any atom is -0.338 e. The number of carbonyl (C=O) groups excluding carboxylic acids is 3. The van der Waals surface area contributed by atoms with Crippen LogP contribution in [0, 0.1) is 5.41 Å². The summed E-state index contributed by atoms with van der Waals surface area (Å²) in [4.78, 5) is 49.3. The number of amides is 2. The molecular formula is C21H25N5O3. The van der Waals surface area contributed by atoms with Crippen molar-refractivity contribution in [3.63, 3.8) is 0 Å². The molecule has 2 aromatic rings. The monoisotopic (exact) mass is 395 g/mol. The number of carbonyl (C=O) groups is 3. The topological polar surface area (TPSA) is 95.5 Å². The second-order valence-electron chi connectivity index (χ2n) is 7.54. The van der Waals surface area contributed by atoms with Crippen molar-refractivity contribution in [2.24, 2.45) is 5.41 Å². The number of Topliss-reactive ketones (excluding diaryl/α,β-unsaturated/α-hetero) is 1. The second-order valence-corrected chi connectivity index (χ2v) is 7.54.